The first kappa shape index (κ1) is 11.7. The minimum absolute atomic E-state index is 0.00244. The van der Waals surface area contributed by atoms with E-state index in [9.17, 15) is 9.90 Å². The van der Waals surface area contributed by atoms with E-state index in [1.165, 1.54) is 18.2 Å². The predicted octanol–water partition coefficient (Wildman–Crippen LogP) is 2.52. The summed E-state index contributed by atoms with van der Waals surface area (Å²) in [5.74, 6) is -0.324. The molecule has 0 unspecified atom stereocenters. The summed E-state index contributed by atoms with van der Waals surface area (Å²) < 4.78 is 0. The van der Waals surface area contributed by atoms with Crippen LogP contribution in [0.4, 0.5) is 5.69 Å². The van der Waals surface area contributed by atoms with Crippen molar-refractivity contribution in [1.82, 2.24) is 0 Å². The van der Waals surface area contributed by atoms with Crippen LogP contribution < -0.4 is 5.32 Å². The number of phenolic OH excluding ortho intramolecular Hbond substituents is 1. The largest absolute Gasteiger partial charge is 0.508 e. The van der Waals surface area contributed by atoms with Crippen LogP contribution in [0.3, 0.4) is 0 Å². The number of aromatic hydroxyl groups is 1. The Morgan fingerprint density at radius 1 is 1.17 bits per heavy atom. The van der Waals surface area contributed by atoms with Crippen molar-refractivity contribution < 1.29 is 9.90 Å². The van der Waals surface area contributed by atoms with Crippen molar-refractivity contribution in [2.45, 2.75) is 0 Å². The smallest absolute Gasteiger partial charge is 0.255 e. The van der Waals surface area contributed by atoms with Gasteiger partial charge in [-0.2, -0.15) is 5.26 Å². The van der Waals surface area contributed by atoms with Crippen molar-refractivity contribution in [2.24, 2.45) is 0 Å². The number of carbonyl (C=O) groups excluding carboxylic acids is 1. The van der Waals surface area contributed by atoms with Crippen LogP contribution in [-0.2, 0) is 0 Å². The highest BCUT2D eigenvalue weighted by atomic mass is 16.3. The molecule has 0 aliphatic rings. The first-order valence-electron chi connectivity index (χ1n) is 5.30. The zero-order valence-corrected chi connectivity index (χ0v) is 9.42. The molecule has 2 aromatic rings. The molecule has 0 saturated heterocycles. The molecule has 18 heavy (non-hydrogen) atoms. The van der Waals surface area contributed by atoms with Crippen molar-refractivity contribution in [3.8, 4) is 11.8 Å². The minimum Gasteiger partial charge on any atom is -0.508 e. The van der Waals surface area contributed by atoms with E-state index >= 15 is 0 Å². The third-order valence-corrected chi connectivity index (χ3v) is 2.41. The Morgan fingerprint density at radius 3 is 2.56 bits per heavy atom. The van der Waals surface area contributed by atoms with Crippen LogP contribution >= 0.6 is 0 Å². The Morgan fingerprint density at radius 2 is 1.89 bits per heavy atom. The van der Waals surface area contributed by atoms with Crippen molar-refractivity contribution in [1.29, 1.82) is 5.26 Å². The molecule has 2 rings (SSSR count). The van der Waals surface area contributed by atoms with Gasteiger partial charge in [0.2, 0.25) is 0 Å². The van der Waals surface area contributed by atoms with E-state index < -0.39 is 0 Å². The normalized spacial score (nSPS) is 9.50. The molecule has 0 aromatic heterocycles. The van der Waals surface area contributed by atoms with E-state index in [1.807, 2.05) is 12.1 Å². The molecular weight excluding hydrogens is 228 g/mol. The topological polar surface area (TPSA) is 73.1 Å². The van der Waals surface area contributed by atoms with Crippen LogP contribution in [0.5, 0.6) is 5.75 Å². The number of hydrogen-bond acceptors (Lipinski definition) is 3. The van der Waals surface area contributed by atoms with Crippen LogP contribution in [0.2, 0.25) is 0 Å². The van der Waals surface area contributed by atoms with Crippen LogP contribution in [0.25, 0.3) is 0 Å². The lowest BCUT2D eigenvalue weighted by molar-refractivity contribution is 0.102. The molecule has 2 N–H and O–H groups in total. The highest BCUT2D eigenvalue weighted by Crippen LogP contribution is 2.21. The Hall–Kier alpha value is -2.80. The van der Waals surface area contributed by atoms with Crippen molar-refractivity contribution >= 4 is 11.6 Å². The average molecular weight is 238 g/mol. The van der Waals surface area contributed by atoms with E-state index in [4.69, 9.17) is 5.26 Å². The fraction of sp³-hybridized carbons (Fsp3) is 0. The summed E-state index contributed by atoms with van der Waals surface area (Å²) in [6.07, 6.45) is 0. The predicted molar refractivity (Wildman–Crippen MR) is 67.2 cm³/mol. The van der Waals surface area contributed by atoms with E-state index in [-0.39, 0.29) is 11.7 Å². The number of carbonyl (C=O) groups is 1. The van der Waals surface area contributed by atoms with E-state index in [1.54, 1.807) is 24.3 Å². The van der Waals surface area contributed by atoms with E-state index in [0.717, 1.165) is 0 Å². The van der Waals surface area contributed by atoms with Crippen LogP contribution in [0.1, 0.15) is 15.9 Å². The summed E-state index contributed by atoms with van der Waals surface area (Å²) in [5.41, 5.74) is 1.09. The minimum atomic E-state index is -0.322. The van der Waals surface area contributed by atoms with Crippen LogP contribution in [-0.4, -0.2) is 11.0 Å². The molecule has 4 heteroatoms. The van der Waals surface area contributed by atoms with Crippen LogP contribution in [0, 0.1) is 11.3 Å². The van der Waals surface area contributed by atoms with Gasteiger partial charge in [-0.3, -0.25) is 4.79 Å². The maximum absolute atomic E-state index is 11.9. The molecule has 0 fully saturated rings. The van der Waals surface area contributed by atoms with Gasteiger partial charge in [0.05, 0.1) is 11.3 Å². The van der Waals surface area contributed by atoms with Gasteiger partial charge in [-0.1, -0.05) is 18.2 Å². The number of amides is 1. The van der Waals surface area contributed by atoms with Gasteiger partial charge in [0.25, 0.3) is 5.91 Å². The molecule has 0 spiro atoms. The second-order valence-corrected chi connectivity index (χ2v) is 3.66. The molecular formula is C14H10N2O2. The number of nitriles is 1. The number of anilines is 1. The Balaban J connectivity index is 2.28. The van der Waals surface area contributed by atoms with Gasteiger partial charge >= 0.3 is 0 Å². The Labute approximate surface area is 104 Å². The molecule has 0 heterocycles. The zero-order chi connectivity index (χ0) is 13.0. The third kappa shape index (κ3) is 2.47. The first-order chi connectivity index (χ1) is 8.70. The van der Waals surface area contributed by atoms with Crippen molar-refractivity contribution in [3.63, 3.8) is 0 Å². The maximum Gasteiger partial charge on any atom is 0.255 e. The molecule has 0 aliphatic heterocycles. The number of nitrogens with one attached hydrogen (secondary N) is 1. The van der Waals surface area contributed by atoms with Crippen molar-refractivity contribution in [2.75, 3.05) is 5.32 Å². The SMILES string of the molecule is N#Cc1ccc(O)cc1NC(=O)c1ccccc1. The quantitative estimate of drug-likeness (QED) is 0.844. The van der Waals surface area contributed by atoms with Gasteiger partial charge in [-0.15, -0.1) is 0 Å². The Bertz CT molecular complexity index is 615. The second-order valence-electron chi connectivity index (χ2n) is 3.66. The van der Waals surface area contributed by atoms with Crippen LogP contribution in [0.15, 0.2) is 48.5 Å². The summed E-state index contributed by atoms with van der Waals surface area (Å²) in [7, 11) is 0. The highest BCUT2D eigenvalue weighted by molar-refractivity contribution is 6.04. The fourth-order valence-electron chi connectivity index (χ4n) is 1.52. The van der Waals surface area contributed by atoms with Gasteiger partial charge in [0, 0.05) is 11.6 Å². The lowest BCUT2D eigenvalue weighted by Gasteiger charge is -2.07. The Kier molecular flexibility index (Phi) is 3.26. The molecule has 1 amide bonds. The molecule has 0 aliphatic carbocycles. The molecule has 2 aromatic carbocycles. The third-order valence-electron chi connectivity index (χ3n) is 2.41. The number of hydrogen-bond donors (Lipinski definition) is 2. The van der Waals surface area contributed by atoms with Crippen molar-refractivity contribution in [3.05, 3.63) is 59.7 Å². The highest BCUT2D eigenvalue weighted by Gasteiger charge is 2.09. The van der Waals surface area contributed by atoms with Gasteiger partial charge in [-0.25, -0.2) is 0 Å². The number of benzene rings is 2. The molecule has 88 valence electrons. The summed E-state index contributed by atoms with van der Waals surface area (Å²) >= 11 is 0. The average Bonchev–Trinajstić information content (AvgIpc) is 2.40. The summed E-state index contributed by atoms with van der Waals surface area (Å²) in [4.78, 5) is 11.9. The number of phenols is 1. The summed E-state index contributed by atoms with van der Waals surface area (Å²) in [5, 5.41) is 20.9. The van der Waals surface area contributed by atoms with E-state index in [2.05, 4.69) is 5.32 Å². The lowest BCUT2D eigenvalue weighted by Crippen LogP contribution is -2.12. The molecule has 0 saturated carbocycles. The number of rotatable bonds is 2. The van der Waals surface area contributed by atoms with Gasteiger partial charge in [-0.05, 0) is 24.3 Å². The van der Waals surface area contributed by atoms with Gasteiger partial charge < -0.3 is 10.4 Å². The monoisotopic (exact) mass is 238 g/mol. The summed E-state index contributed by atoms with van der Waals surface area (Å²) in [6, 6.07) is 14.8. The second kappa shape index (κ2) is 5.02. The standard InChI is InChI=1S/C14H10N2O2/c15-9-11-6-7-12(17)8-13(11)16-14(18)10-4-2-1-3-5-10/h1-8,17H,(H,16,18). The molecule has 0 atom stereocenters. The molecule has 0 radical (unpaired) electrons. The lowest BCUT2D eigenvalue weighted by atomic mass is 10.1. The van der Waals surface area contributed by atoms with Gasteiger partial charge in [0.15, 0.2) is 0 Å². The fourth-order valence-corrected chi connectivity index (χ4v) is 1.52. The first-order valence-corrected chi connectivity index (χ1v) is 5.30. The van der Waals surface area contributed by atoms with E-state index in [0.29, 0.717) is 16.8 Å². The van der Waals surface area contributed by atoms with Gasteiger partial charge in [0.1, 0.15) is 11.8 Å². The zero-order valence-electron chi connectivity index (χ0n) is 9.42. The number of nitrogens with zero attached hydrogens (tertiary/aromatic N) is 1. The molecule has 0 bridgehead atoms. The molecule has 4 nitrogen and oxygen atoms in total. The maximum atomic E-state index is 11.9. The summed E-state index contributed by atoms with van der Waals surface area (Å²) in [6.45, 7) is 0.